The minimum Gasteiger partial charge on any atom is -0.298 e. The molecule has 0 atom stereocenters. The van der Waals surface area contributed by atoms with Crippen molar-refractivity contribution in [2.75, 3.05) is 6.54 Å². The van der Waals surface area contributed by atoms with Crippen LogP contribution < -0.4 is 0 Å². The quantitative estimate of drug-likeness (QED) is 0.606. The van der Waals surface area contributed by atoms with Crippen LogP contribution in [-0.2, 0) is 0 Å². The first-order chi connectivity index (χ1) is 6.25. The van der Waals surface area contributed by atoms with Crippen LogP contribution in [0.25, 0.3) is 0 Å². The van der Waals surface area contributed by atoms with Crippen LogP contribution in [0.5, 0.6) is 0 Å². The third kappa shape index (κ3) is 3.30. The first kappa shape index (κ1) is 11.0. The smallest absolute Gasteiger partial charge is 0.00978 e. The van der Waals surface area contributed by atoms with Gasteiger partial charge in [-0.25, -0.2) is 0 Å². The molecule has 0 heterocycles. The summed E-state index contributed by atoms with van der Waals surface area (Å²) in [7, 11) is 0. The molecule has 0 radical (unpaired) electrons. The summed E-state index contributed by atoms with van der Waals surface area (Å²) in [4.78, 5) is 2.67. The van der Waals surface area contributed by atoms with E-state index in [2.05, 4.69) is 25.7 Å². The second kappa shape index (κ2) is 5.64. The first-order valence-electron chi connectivity index (χ1n) is 6.01. The summed E-state index contributed by atoms with van der Waals surface area (Å²) < 4.78 is 0. The Morgan fingerprint density at radius 2 is 1.62 bits per heavy atom. The largest absolute Gasteiger partial charge is 0.298 e. The molecule has 1 fully saturated rings. The van der Waals surface area contributed by atoms with Gasteiger partial charge in [-0.1, -0.05) is 32.6 Å². The van der Waals surface area contributed by atoms with E-state index in [0.29, 0.717) is 0 Å². The molecule has 0 bridgehead atoms. The molecule has 0 aromatic heterocycles. The average Bonchev–Trinajstić information content (AvgIpc) is 2.33. The molecule has 1 nitrogen and oxygen atoms in total. The van der Waals surface area contributed by atoms with Gasteiger partial charge in [0.2, 0.25) is 0 Å². The van der Waals surface area contributed by atoms with E-state index >= 15 is 0 Å². The van der Waals surface area contributed by atoms with Crippen LogP contribution in [0.1, 0.15) is 59.3 Å². The Morgan fingerprint density at radius 1 is 1.08 bits per heavy atom. The van der Waals surface area contributed by atoms with E-state index in [1.165, 1.54) is 45.1 Å². The second-order valence-electron chi connectivity index (χ2n) is 4.57. The topological polar surface area (TPSA) is 3.24 Å². The zero-order chi connectivity index (χ0) is 9.68. The molecule has 13 heavy (non-hydrogen) atoms. The highest BCUT2D eigenvalue weighted by Crippen LogP contribution is 2.22. The molecular formula is C12H25N. The molecular weight excluding hydrogens is 158 g/mol. The average molecular weight is 183 g/mol. The molecule has 1 saturated carbocycles. The van der Waals surface area contributed by atoms with Crippen LogP contribution in [0.15, 0.2) is 0 Å². The van der Waals surface area contributed by atoms with Crippen LogP contribution in [0.2, 0.25) is 0 Å². The molecule has 78 valence electrons. The Bertz CT molecular complexity index is 123. The molecule has 0 spiro atoms. The lowest BCUT2D eigenvalue weighted by Gasteiger charge is -2.33. The van der Waals surface area contributed by atoms with Crippen molar-refractivity contribution in [2.24, 2.45) is 0 Å². The maximum atomic E-state index is 2.67. The van der Waals surface area contributed by atoms with Gasteiger partial charge in [-0.05, 0) is 33.2 Å². The van der Waals surface area contributed by atoms with E-state index in [0.717, 1.165) is 12.1 Å². The Balaban J connectivity index is 2.45. The van der Waals surface area contributed by atoms with Crippen molar-refractivity contribution in [1.29, 1.82) is 0 Å². The second-order valence-corrected chi connectivity index (χ2v) is 4.57. The standard InChI is InChI=1S/C12H25N/c1-4-13(11(2)3)12-9-7-5-6-8-10-12/h11-12H,4-10H2,1-3H3. The fourth-order valence-electron chi connectivity index (χ4n) is 2.63. The highest BCUT2D eigenvalue weighted by molar-refractivity contribution is 4.76. The number of nitrogens with zero attached hydrogens (tertiary/aromatic N) is 1. The summed E-state index contributed by atoms with van der Waals surface area (Å²) in [6.07, 6.45) is 8.71. The van der Waals surface area contributed by atoms with Crippen molar-refractivity contribution in [1.82, 2.24) is 4.90 Å². The fraction of sp³-hybridized carbons (Fsp3) is 1.00. The third-order valence-electron chi connectivity index (χ3n) is 3.32. The zero-order valence-corrected chi connectivity index (χ0v) is 9.55. The van der Waals surface area contributed by atoms with Crippen LogP contribution in [0, 0.1) is 0 Å². The lowest BCUT2D eigenvalue weighted by molar-refractivity contribution is 0.147. The van der Waals surface area contributed by atoms with Gasteiger partial charge in [0.25, 0.3) is 0 Å². The van der Waals surface area contributed by atoms with Gasteiger partial charge in [0.1, 0.15) is 0 Å². The molecule has 0 aromatic carbocycles. The molecule has 1 aliphatic carbocycles. The van der Waals surface area contributed by atoms with E-state index in [-0.39, 0.29) is 0 Å². The minimum atomic E-state index is 0.730. The van der Waals surface area contributed by atoms with Gasteiger partial charge < -0.3 is 0 Å². The lowest BCUT2D eigenvalue weighted by Crippen LogP contribution is -2.39. The summed E-state index contributed by atoms with van der Waals surface area (Å²) in [6, 6.07) is 1.61. The van der Waals surface area contributed by atoms with Crippen molar-refractivity contribution in [3.8, 4) is 0 Å². The Labute approximate surface area is 83.5 Å². The Morgan fingerprint density at radius 3 is 2.00 bits per heavy atom. The van der Waals surface area contributed by atoms with E-state index in [1.807, 2.05) is 0 Å². The van der Waals surface area contributed by atoms with E-state index in [9.17, 15) is 0 Å². The highest BCUT2D eigenvalue weighted by Gasteiger charge is 2.20. The summed E-state index contributed by atoms with van der Waals surface area (Å²) >= 11 is 0. The van der Waals surface area contributed by atoms with Crippen LogP contribution >= 0.6 is 0 Å². The van der Waals surface area contributed by atoms with Crippen LogP contribution in [-0.4, -0.2) is 23.5 Å². The maximum Gasteiger partial charge on any atom is 0.00978 e. The minimum absolute atomic E-state index is 0.730. The zero-order valence-electron chi connectivity index (χ0n) is 9.55. The maximum absolute atomic E-state index is 2.67. The summed E-state index contributed by atoms with van der Waals surface area (Å²) in [5, 5.41) is 0. The van der Waals surface area contributed by atoms with E-state index < -0.39 is 0 Å². The molecule has 0 saturated heterocycles. The normalized spacial score (nSPS) is 21.0. The molecule has 1 heteroatoms. The van der Waals surface area contributed by atoms with Crippen LogP contribution in [0.4, 0.5) is 0 Å². The van der Waals surface area contributed by atoms with Gasteiger partial charge in [0.05, 0.1) is 0 Å². The molecule has 0 unspecified atom stereocenters. The Hall–Kier alpha value is -0.0400. The van der Waals surface area contributed by atoms with Gasteiger partial charge in [-0.15, -0.1) is 0 Å². The molecule has 0 aromatic rings. The Kier molecular flexibility index (Phi) is 4.79. The summed E-state index contributed by atoms with van der Waals surface area (Å²) in [5.74, 6) is 0. The SMILES string of the molecule is CCN(C(C)C)C1CCCCCC1. The van der Waals surface area contributed by atoms with Crippen LogP contribution in [0.3, 0.4) is 0 Å². The number of hydrogen-bond acceptors (Lipinski definition) is 1. The van der Waals surface area contributed by atoms with Crippen molar-refractivity contribution < 1.29 is 0 Å². The van der Waals surface area contributed by atoms with Gasteiger partial charge in [0, 0.05) is 12.1 Å². The third-order valence-corrected chi connectivity index (χ3v) is 3.32. The molecule has 0 N–H and O–H groups in total. The van der Waals surface area contributed by atoms with E-state index in [4.69, 9.17) is 0 Å². The predicted molar refractivity (Wildman–Crippen MR) is 59.0 cm³/mol. The fourth-order valence-corrected chi connectivity index (χ4v) is 2.63. The summed E-state index contributed by atoms with van der Waals surface area (Å²) in [5.41, 5.74) is 0. The summed E-state index contributed by atoms with van der Waals surface area (Å²) in [6.45, 7) is 8.18. The van der Waals surface area contributed by atoms with Crippen molar-refractivity contribution in [3.05, 3.63) is 0 Å². The highest BCUT2D eigenvalue weighted by atomic mass is 15.2. The molecule has 1 aliphatic rings. The molecule has 1 rings (SSSR count). The van der Waals surface area contributed by atoms with Gasteiger partial charge >= 0.3 is 0 Å². The lowest BCUT2D eigenvalue weighted by atomic mass is 10.1. The van der Waals surface area contributed by atoms with Crippen molar-refractivity contribution in [2.45, 2.75) is 71.4 Å². The predicted octanol–water partition coefficient (Wildman–Crippen LogP) is 3.44. The van der Waals surface area contributed by atoms with Crippen molar-refractivity contribution >= 4 is 0 Å². The van der Waals surface area contributed by atoms with Gasteiger partial charge in [0.15, 0.2) is 0 Å². The monoisotopic (exact) mass is 183 g/mol. The van der Waals surface area contributed by atoms with E-state index in [1.54, 1.807) is 0 Å². The number of rotatable bonds is 3. The molecule has 0 aliphatic heterocycles. The first-order valence-corrected chi connectivity index (χ1v) is 6.01. The molecule has 0 amide bonds. The number of hydrogen-bond donors (Lipinski definition) is 0. The van der Waals surface area contributed by atoms with Gasteiger partial charge in [-0.3, -0.25) is 4.90 Å². The van der Waals surface area contributed by atoms with Gasteiger partial charge in [-0.2, -0.15) is 0 Å². The van der Waals surface area contributed by atoms with Crippen molar-refractivity contribution in [3.63, 3.8) is 0 Å².